The van der Waals surface area contributed by atoms with E-state index < -0.39 is 16.6 Å². The Morgan fingerprint density at radius 1 is 0.950 bits per heavy atom. The van der Waals surface area contributed by atoms with Crippen molar-refractivity contribution in [2.24, 2.45) is 0 Å². The fraction of sp³-hybridized carbons (Fsp3) is 0.321. The summed E-state index contributed by atoms with van der Waals surface area (Å²) in [6.45, 7) is 4.53. The molecule has 1 saturated heterocycles. The van der Waals surface area contributed by atoms with Gasteiger partial charge in [0, 0.05) is 32.7 Å². The van der Waals surface area contributed by atoms with Gasteiger partial charge in [0.25, 0.3) is 10.0 Å². The number of hydrogen-bond donors (Lipinski definition) is 0. The summed E-state index contributed by atoms with van der Waals surface area (Å²) < 4.78 is 45.2. The second-order valence-corrected chi connectivity index (χ2v) is 12.3. The van der Waals surface area contributed by atoms with Crippen LogP contribution in [0.3, 0.4) is 0 Å². The maximum absolute atomic E-state index is 14.0. The predicted molar refractivity (Wildman–Crippen MR) is 153 cm³/mol. The summed E-state index contributed by atoms with van der Waals surface area (Å²) in [4.78, 5) is 17.4. The van der Waals surface area contributed by atoms with Gasteiger partial charge in [0.1, 0.15) is 17.2 Å². The number of ether oxygens (including phenoxy) is 3. The van der Waals surface area contributed by atoms with Gasteiger partial charge >= 0.3 is 0 Å². The Bertz CT molecular complexity index is 1530. The summed E-state index contributed by atoms with van der Waals surface area (Å²) in [5.41, 5.74) is 2.05. The van der Waals surface area contributed by atoms with Crippen molar-refractivity contribution >= 4 is 44.8 Å². The van der Waals surface area contributed by atoms with E-state index in [9.17, 15) is 13.2 Å². The van der Waals surface area contributed by atoms with Crippen LogP contribution in [0.4, 0.5) is 5.69 Å². The number of aryl methyl sites for hydroxylation is 1. The van der Waals surface area contributed by atoms with Crippen molar-refractivity contribution in [3.8, 4) is 17.2 Å². The van der Waals surface area contributed by atoms with Gasteiger partial charge in [-0.25, -0.2) is 8.42 Å². The van der Waals surface area contributed by atoms with Crippen molar-refractivity contribution < 1.29 is 27.4 Å². The Morgan fingerprint density at radius 3 is 2.42 bits per heavy atom. The van der Waals surface area contributed by atoms with E-state index in [0.29, 0.717) is 32.7 Å². The molecule has 0 spiro atoms. The van der Waals surface area contributed by atoms with Crippen molar-refractivity contribution in [3.05, 3.63) is 75.8 Å². The van der Waals surface area contributed by atoms with Gasteiger partial charge < -0.3 is 19.1 Å². The van der Waals surface area contributed by atoms with Crippen molar-refractivity contribution in [1.82, 2.24) is 9.80 Å². The predicted octanol–water partition coefficient (Wildman–Crippen LogP) is 4.58. The van der Waals surface area contributed by atoms with Crippen LogP contribution in [-0.2, 0) is 21.4 Å². The molecule has 1 amide bonds. The van der Waals surface area contributed by atoms with Crippen LogP contribution in [-0.4, -0.2) is 70.8 Å². The zero-order chi connectivity index (χ0) is 28.4. The van der Waals surface area contributed by atoms with Gasteiger partial charge in [0.05, 0.1) is 22.8 Å². The fourth-order valence-electron chi connectivity index (χ4n) is 4.74. The fourth-order valence-corrected chi connectivity index (χ4v) is 6.68. The molecule has 0 aliphatic carbocycles. The van der Waals surface area contributed by atoms with Gasteiger partial charge in [0.15, 0.2) is 11.5 Å². The number of carbonyl (C=O) groups excluding carboxylic acids is 1. The molecule has 2 aliphatic rings. The molecule has 0 bridgehead atoms. The molecule has 5 rings (SSSR count). The molecule has 2 heterocycles. The second-order valence-electron chi connectivity index (χ2n) is 9.61. The molecule has 0 N–H and O–H groups in total. The molecule has 3 aromatic rings. The summed E-state index contributed by atoms with van der Waals surface area (Å²) in [5, 5.41) is 0.459. The highest BCUT2D eigenvalue weighted by Gasteiger charge is 2.33. The van der Waals surface area contributed by atoms with Gasteiger partial charge in [-0.15, -0.1) is 0 Å². The molecule has 0 unspecified atom stereocenters. The van der Waals surface area contributed by atoms with E-state index in [1.807, 2.05) is 18.2 Å². The van der Waals surface area contributed by atoms with Gasteiger partial charge in [-0.2, -0.15) is 0 Å². The Hall–Kier alpha value is -3.18. The first kappa shape index (κ1) is 28.4. The average molecular weight is 607 g/mol. The zero-order valence-electron chi connectivity index (χ0n) is 22.1. The van der Waals surface area contributed by atoms with Crippen LogP contribution >= 0.6 is 23.2 Å². The number of anilines is 1. The SMILES string of the molecule is COc1ccc(C)cc1S(=O)(=O)N(CC(=O)N1CCN(Cc2ccc3c(c2)OCO3)CC1)c1ccc(Cl)c(Cl)c1. The van der Waals surface area contributed by atoms with Crippen LogP contribution in [0.25, 0.3) is 0 Å². The van der Waals surface area contributed by atoms with Gasteiger partial charge in [-0.1, -0.05) is 35.3 Å². The highest BCUT2D eigenvalue weighted by molar-refractivity contribution is 7.93. The van der Waals surface area contributed by atoms with E-state index >= 15 is 0 Å². The molecule has 3 aromatic carbocycles. The number of hydrogen-bond acceptors (Lipinski definition) is 7. The van der Waals surface area contributed by atoms with Gasteiger partial charge in [-0.05, 0) is 60.5 Å². The quantitative estimate of drug-likeness (QED) is 0.371. The topological polar surface area (TPSA) is 88.6 Å². The normalized spacial score (nSPS) is 15.2. The Labute approximate surface area is 243 Å². The monoisotopic (exact) mass is 605 g/mol. The van der Waals surface area contributed by atoms with Crippen LogP contribution < -0.4 is 18.5 Å². The molecule has 0 radical (unpaired) electrons. The number of piperazine rings is 1. The molecule has 212 valence electrons. The molecule has 12 heteroatoms. The van der Waals surface area contributed by atoms with Gasteiger partial charge in [-0.3, -0.25) is 14.0 Å². The molecule has 40 heavy (non-hydrogen) atoms. The highest BCUT2D eigenvalue weighted by Crippen LogP contribution is 2.35. The lowest BCUT2D eigenvalue weighted by Crippen LogP contribution is -2.51. The number of halogens is 2. The number of carbonyl (C=O) groups is 1. The molecule has 9 nitrogen and oxygen atoms in total. The molecule has 0 atom stereocenters. The van der Waals surface area contributed by atoms with Crippen molar-refractivity contribution in [2.45, 2.75) is 18.4 Å². The van der Waals surface area contributed by atoms with E-state index in [4.69, 9.17) is 37.4 Å². The van der Waals surface area contributed by atoms with Crippen molar-refractivity contribution in [1.29, 1.82) is 0 Å². The Balaban J connectivity index is 1.33. The first-order valence-electron chi connectivity index (χ1n) is 12.7. The summed E-state index contributed by atoms with van der Waals surface area (Å²) in [5.74, 6) is 1.34. The summed E-state index contributed by atoms with van der Waals surface area (Å²) in [7, 11) is -2.81. The third-order valence-corrected chi connectivity index (χ3v) is 9.46. The minimum absolute atomic E-state index is 0.0394. The Morgan fingerprint density at radius 2 is 1.70 bits per heavy atom. The van der Waals surface area contributed by atoms with Crippen LogP contribution in [0.15, 0.2) is 59.5 Å². The number of fused-ring (bicyclic) bond motifs is 1. The molecule has 2 aliphatic heterocycles. The lowest BCUT2D eigenvalue weighted by atomic mass is 10.1. The lowest BCUT2D eigenvalue weighted by Gasteiger charge is -2.36. The standard InChI is InChI=1S/C28H29Cl2N3O6S/c1-19-3-7-25(37-2)27(13-19)40(35,36)33(21-5-6-22(29)23(30)15-21)17-28(34)32-11-9-31(10-12-32)16-20-4-8-24-26(14-20)39-18-38-24/h3-8,13-15H,9-12,16-18H2,1-2H3. The highest BCUT2D eigenvalue weighted by atomic mass is 35.5. The van der Waals surface area contributed by atoms with E-state index in [1.165, 1.54) is 31.4 Å². The summed E-state index contributed by atoms with van der Waals surface area (Å²) in [6, 6.07) is 15.2. The summed E-state index contributed by atoms with van der Waals surface area (Å²) in [6.07, 6.45) is 0. The van der Waals surface area contributed by atoms with Crippen LogP contribution in [0, 0.1) is 6.92 Å². The van der Waals surface area contributed by atoms with Crippen molar-refractivity contribution in [2.75, 3.05) is 50.9 Å². The van der Waals surface area contributed by atoms with Crippen molar-refractivity contribution in [3.63, 3.8) is 0 Å². The first-order chi connectivity index (χ1) is 19.2. The molecular weight excluding hydrogens is 577 g/mol. The number of benzene rings is 3. The largest absolute Gasteiger partial charge is 0.495 e. The number of rotatable bonds is 8. The number of sulfonamides is 1. The van der Waals surface area contributed by atoms with Gasteiger partial charge in [0.2, 0.25) is 12.7 Å². The third-order valence-electron chi connectivity index (χ3n) is 6.93. The lowest BCUT2D eigenvalue weighted by molar-refractivity contribution is -0.131. The van der Waals surface area contributed by atoms with Crippen LogP contribution in [0.1, 0.15) is 11.1 Å². The Kier molecular flexibility index (Phi) is 8.32. The minimum atomic E-state index is -4.21. The number of nitrogens with zero attached hydrogens (tertiary/aromatic N) is 3. The molecule has 1 fully saturated rings. The molecular formula is C28H29Cl2N3O6S. The second kappa shape index (κ2) is 11.7. The number of methoxy groups -OCH3 is 1. The van der Waals surface area contributed by atoms with E-state index in [2.05, 4.69) is 4.90 Å². The minimum Gasteiger partial charge on any atom is -0.495 e. The van der Waals surface area contributed by atoms with Crippen LogP contribution in [0.2, 0.25) is 10.0 Å². The maximum Gasteiger partial charge on any atom is 0.268 e. The van der Waals surface area contributed by atoms with E-state index in [0.717, 1.165) is 26.9 Å². The smallest absolute Gasteiger partial charge is 0.268 e. The average Bonchev–Trinajstić information content (AvgIpc) is 3.41. The molecule has 0 saturated carbocycles. The zero-order valence-corrected chi connectivity index (χ0v) is 24.4. The van der Waals surface area contributed by atoms with Crippen LogP contribution in [0.5, 0.6) is 17.2 Å². The van der Waals surface area contributed by atoms with E-state index in [1.54, 1.807) is 24.0 Å². The maximum atomic E-state index is 14.0. The summed E-state index contributed by atoms with van der Waals surface area (Å²) >= 11 is 12.3. The first-order valence-corrected chi connectivity index (χ1v) is 14.9. The third kappa shape index (κ3) is 5.95. The van der Waals surface area contributed by atoms with E-state index in [-0.39, 0.29) is 39.1 Å². The number of amides is 1. The molecule has 0 aromatic heterocycles.